The number of halogens is 4. The van der Waals surface area contributed by atoms with Crippen LogP contribution in [0.2, 0.25) is 5.02 Å². The van der Waals surface area contributed by atoms with Crippen LogP contribution < -0.4 is 5.73 Å². The first-order valence-electron chi connectivity index (χ1n) is 7.61. The minimum atomic E-state index is -4.45. The molecule has 8 heteroatoms. The van der Waals surface area contributed by atoms with E-state index in [1.165, 1.54) is 17.4 Å². The van der Waals surface area contributed by atoms with E-state index in [1.54, 1.807) is 23.6 Å². The molecule has 0 saturated carbocycles. The first-order chi connectivity index (χ1) is 12.3. The molecule has 2 N–H and O–H groups in total. The van der Waals surface area contributed by atoms with Gasteiger partial charge in [0.25, 0.3) is 0 Å². The maximum absolute atomic E-state index is 13.3. The topological polar surface area (TPSA) is 38.9 Å². The minimum absolute atomic E-state index is 0.170. The van der Waals surface area contributed by atoms with Crippen LogP contribution in [0.4, 0.5) is 13.2 Å². The smallest absolute Gasteiger partial charge is 0.326 e. The number of hydrogen-bond acceptors (Lipinski definition) is 4. The van der Waals surface area contributed by atoms with Crippen LogP contribution in [-0.4, -0.2) is 4.98 Å². The van der Waals surface area contributed by atoms with Gasteiger partial charge in [0.05, 0.1) is 10.6 Å². The molecule has 0 unspecified atom stereocenters. The van der Waals surface area contributed by atoms with Crippen LogP contribution in [0, 0.1) is 0 Å². The normalized spacial score (nSPS) is 11.8. The lowest BCUT2D eigenvalue weighted by Crippen LogP contribution is -2.07. The van der Waals surface area contributed by atoms with Crippen LogP contribution in [0.25, 0.3) is 11.1 Å². The van der Waals surface area contributed by atoms with E-state index in [1.807, 2.05) is 0 Å². The Morgan fingerprint density at radius 1 is 1.15 bits per heavy atom. The van der Waals surface area contributed by atoms with Crippen LogP contribution in [0.5, 0.6) is 0 Å². The number of alkyl halides is 3. The van der Waals surface area contributed by atoms with Crippen molar-refractivity contribution in [1.29, 1.82) is 0 Å². The molecule has 0 aliphatic rings. The van der Waals surface area contributed by atoms with Crippen molar-refractivity contribution < 1.29 is 13.2 Å². The Hall–Kier alpha value is -1.54. The van der Waals surface area contributed by atoms with E-state index in [4.69, 9.17) is 17.3 Å². The van der Waals surface area contributed by atoms with E-state index in [2.05, 4.69) is 17.6 Å². The Morgan fingerprint density at radius 2 is 1.92 bits per heavy atom. The average Bonchev–Trinajstić information content (AvgIpc) is 2.99. The third-order valence-electron chi connectivity index (χ3n) is 3.91. The molecule has 0 saturated heterocycles. The molecule has 1 aromatic heterocycles. The number of thiol groups is 1. The van der Waals surface area contributed by atoms with Crippen molar-refractivity contribution in [3.8, 4) is 11.1 Å². The third-order valence-corrected chi connectivity index (χ3v) is 5.48. The fraction of sp³-hybridized carbons (Fsp3) is 0.167. The van der Waals surface area contributed by atoms with Crippen LogP contribution >= 0.6 is 35.6 Å². The number of rotatable bonds is 4. The number of nitrogens with two attached hydrogens (primary N) is 1. The van der Waals surface area contributed by atoms with E-state index < -0.39 is 11.7 Å². The molecule has 26 heavy (non-hydrogen) atoms. The summed E-state index contributed by atoms with van der Waals surface area (Å²) in [6.07, 6.45) is -4.06. The molecule has 1 heterocycles. The largest absolute Gasteiger partial charge is 0.416 e. The molecule has 3 aromatic rings. The number of thiazole rings is 1. The van der Waals surface area contributed by atoms with Crippen molar-refractivity contribution in [3.63, 3.8) is 0 Å². The standard InChI is InChI=1S/C18H14ClF3N2S2/c19-14-3-1-2-11(8-23)17(14)13-7-12(18(20,21)22)5-4-10(13)6-16-24-15(25)9-26-16/h1-5,7,9,25H,6,8,23H2. The zero-order chi connectivity index (χ0) is 18.9. The van der Waals surface area contributed by atoms with Crippen molar-refractivity contribution in [3.05, 3.63) is 68.5 Å². The third kappa shape index (κ3) is 4.06. The first kappa shape index (κ1) is 19.2. The highest BCUT2D eigenvalue weighted by Gasteiger charge is 2.31. The quantitative estimate of drug-likeness (QED) is 0.528. The Kier molecular flexibility index (Phi) is 5.62. The zero-order valence-electron chi connectivity index (χ0n) is 13.3. The highest BCUT2D eigenvalue weighted by atomic mass is 35.5. The predicted octanol–water partition coefficient (Wildman–Crippen LogP) is 5.82. The maximum Gasteiger partial charge on any atom is 0.416 e. The molecular formula is C18H14ClF3N2S2. The van der Waals surface area contributed by atoms with E-state index in [9.17, 15) is 13.2 Å². The fourth-order valence-corrected chi connectivity index (χ4v) is 4.05. The lowest BCUT2D eigenvalue weighted by molar-refractivity contribution is -0.137. The Balaban J connectivity index is 2.20. The highest BCUT2D eigenvalue weighted by Crippen LogP contribution is 2.39. The molecule has 0 aliphatic carbocycles. The van der Waals surface area contributed by atoms with Gasteiger partial charge in [-0.3, -0.25) is 0 Å². The van der Waals surface area contributed by atoms with Crippen LogP contribution in [0.1, 0.15) is 21.7 Å². The molecule has 3 rings (SSSR count). The molecule has 0 amide bonds. The van der Waals surface area contributed by atoms with Gasteiger partial charge >= 0.3 is 6.18 Å². The number of hydrogen-bond donors (Lipinski definition) is 2. The van der Waals surface area contributed by atoms with Gasteiger partial charge in [0.1, 0.15) is 5.03 Å². The molecule has 0 aliphatic heterocycles. The van der Waals surface area contributed by atoms with Crippen molar-refractivity contribution in [1.82, 2.24) is 4.98 Å². The fourth-order valence-electron chi connectivity index (χ4n) is 2.73. The maximum atomic E-state index is 13.3. The van der Waals surface area contributed by atoms with E-state index in [0.29, 0.717) is 38.7 Å². The summed E-state index contributed by atoms with van der Waals surface area (Å²) >= 11 is 11.9. The monoisotopic (exact) mass is 414 g/mol. The van der Waals surface area contributed by atoms with Gasteiger partial charge in [-0.15, -0.1) is 24.0 Å². The molecular weight excluding hydrogens is 401 g/mol. The van der Waals surface area contributed by atoms with Crippen LogP contribution in [-0.2, 0) is 19.1 Å². The Morgan fingerprint density at radius 3 is 2.54 bits per heavy atom. The second-order valence-electron chi connectivity index (χ2n) is 5.62. The van der Waals surface area contributed by atoms with Crippen molar-refractivity contribution in [2.75, 3.05) is 0 Å². The molecule has 0 spiro atoms. The summed E-state index contributed by atoms with van der Waals surface area (Å²) in [6, 6.07) is 8.82. The average molecular weight is 415 g/mol. The molecule has 2 aromatic carbocycles. The molecule has 0 fully saturated rings. The van der Waals surface area contributed by atoms with Gasteiger partial charge in [0, 0.05) is 28.9 Å². The van der Waals surface area contributed by atoms with Gasteiger partial charge in [-0.2, -0.15) is 13.2 Å². The predicted molar refractivity (Wildman–Crippen MR) is 102 cm³/mol. The second kappa shape index (κ2) is 7.60. The summed E-state index contributed by atoms with van der Waals surface area (Å²) in [4.78, 5) is 4.28. The number of nitrogens with zero attached hydrogens (tertiary/aromatic N) is 1. The summed E-state index contributed by atoms with van der Waals surface area (Å²) in [7, 11) is 0. The van der Waals surface area contributed by atoms with Gasteiger partial charge in [-0.05, 0) is 34.9 Å². The summed E-state index contributed by atoms with van der Waals surface area (Å²) in [5.74, 6) is 0. The molecule has 0 radical (unpaired) electrons. The van der Waals surface area contributed by atoms with Gasteiger partial charge in [-0.25, -0.2) is 4.98 Å². The number of aromatic nitrogens is 1. The molecule has 136 valence electrons. The van der Waals surface area contributed by atoms with Gasteiger partial charge in [-0.1, -0.05) is 29.8 Å². The van der Waals surface area contributed by atoms with Crippen molar-refractivity contribution in [2.45, 2.75) is 24.2 Å². The minimum Gasteiger partial charge on any atom is -0.326 e. The highest BCUT2D eigenvalue weighted by molar-refractivity contribution is 7.80. The zero-order valence-corrected chi connectivity index (χ0v) is 15.8. The van der Waals surface area contributed by atoms with Crippen LogP contribution in [0.3, 0.4) is 0 Å². The van der Waals surface area contributed by atoms with Crippen molar-refractivity contribution in [2.24, 2.45) is 5.73 Å². The Bertz CT molecular complexity index is 938. The van der Waals surface area contributed by atoms with Gasteiger partial charge in [0.15, 0.2) is 0 Å². The first-order valence-corrected chi connectivity index (χ1v) is 9.31. The van der Waals surface area contributed by atoms with E-state index in [0.717, 1.165) is 17.1 Å². The summed E-state index contributed by atoms with van der Waals surface area (Å²) in [5.41, 5.74) is 7.39. The summed E-state index contributed by atoms with van der Waals surface area (Å²) < 4.78 is 39.8. The van der Waals surface area contributed by atoms with E-state index in [-0.39, 0.29) is 6.54 Å². The second-order valence-corrected chi connectivity index (χ2v) is 7.43. The lowest BCUT2D eigenvalue weighted by Gasteiger charge is -2.17. The molecule has 0 bridgehead atoms. The Labute approximate surface area is 163 Å². The van der Waals surface area contributed by atoms with Crippen molar-refractivity contribution >= 4 is 35.6 Å². The summed E-state index contributed by atoms with van der Waals surface area (Å²) in [6.45, 7) is 0.170. The SMILES string of the molecule is NCc1cccc(Cl)c1-c1cc(C(F)(F)F)ccc1Cc1nc(S)cs1. The molecule has 0 atom stereocenters. The van der Waals surface area contributed by atoms with Crippen LogP contribution in [0.15, 0.2) is 46.8 Å². The lowest BCUT2D eigenvalue weighted by atomic mass is 9.92. The number of benzene rings is 2. The van der Waals surface area contributed by atoms with Gasteiger partial charge < -0.3 is 5.73 Å². The van der Waals surface area contributed by atoms with E-state index >= 15 is 0 Å². The molecule has 2 nitrogen and oxygen atoms in total. The van der Waals surface area contributed by atoms with Gasteiger partial charge in [0.2, 0.25) is 0 Å². The summed E-state index contributed by atoms with van der Waals surface area (Å²) in [5, 5.41) is 3.49.